The average molecular weight is 895 g/mol. The van der Waals surface area contributed by atoms with E-state index in [4.69, 9.17) is 4.99 Å². The summed E-state index contributed by atoms with van der Waals surface area (Å²) < 4.78 is 0. The number of hydrogen-bond donors (Lipinski definition) is 1. The van der Waals surface area contributed by atoms with Gasteiger partial charge in [0.2, 0.25) is 0 Å². The smallest absolute Gasteiger partial charge is 0.126 e. The molecule has 1 aliphatic rings. The van der Waals surface area contributed by atoms with Crippen molar-refractivity contribution < 1.29 is 0 Å². The minimum Gasteiger partial charge on any atom is -0.282 e. The molecule has 0 aliphatic heterocycles. The van der Waals surface area contributed by atoms with Crippen LogP contribution in [0.25, 0.3) is 99.4 Å². The second kappa shape index (κ2) is 18.4. The number of hydrogen-bond acceptors (Lipinski definition) is 2. The van der Waals surface area contributed by atoms with E-state index in [0.717, 1.165) is 28.0 Å². The van der Waals surface area contributed by atoms with Gasteiger partial charge in [-0.05, 0) is 129 Å². The van der Waals surface area contributed by atoms with Gasteiger partial charge in [-0.25, -0.2) is 0 Å². The van der Waals surface area contributed by atoms with Crippen LogP contribution in [0.15, 0.2) is 266 Å². The Bertz CT molecular complexity index is 3710. The first kappa shape index (κ1) is 42.6. The fraction of sp³-hybridized carbons (Fsp3) is 0.0441. The summed E-state index contributed by atoms with van der Waals surface area (Å²) in [7, 11) is 0. The molecule has 2 heteroatoms. The third-order valence-corrected chi connectivity index (χ3v) is 14.2. The minimum absolute atomic E-state index is 0.0900. The van der Waals surface area contributed by atoms with Crippen LogP contribution in [0, 0.1) is 0 Å². The molecule has 0 saturated carbocycles. The first-order valence-electron chi connectivity index (χ1n) is 24.2. The first-order chi connectivity index (χ1) is 34.6. The molecule has 0 heterocycles. The van der Waals surface area contributed by atoms with Crippen LogP contribution in [0.3, 0.4) is 0 Å². The lowest BCUT2D eigenvalue weighted by molar-refractivity contribution is 0.511. The van der Waals surface area contributed by atoms with E-state index in [0.29, 0.717) is 0 Å². The highest BCUT2D eigenvalue weighted by Crippen LogP contribution is 2.49. The Morgan fingerprint density at radius 1 is 0.371 bits per heavy atom. The second-order valence-corrected chi connectivity index (χ2v) is 18.3. The van der Waals surface area contributed by atoms with Crippen LogP contribution in [0.2, 0.25) is 0 Å². The van der Waals surface area contributed by atoms with E-state index in [1.807, 2.05) is 12.1 Å². The summed E-state index contributed by atoms with van der Waals surface area (Å²) in [6, 6.07) is 90.0. The molecule has 0 radical (unpaired) electrons. The second-order valence-electron chi connectivity index (χ2n) is 18.3. The number of fused-ring (bicyclic) bond motifs is 4. The maximum absolute atomic E-state index is 5.41. The Kier molecular flexibility index (Phi) is 11.2. The van der Waals surface area contributed by atoms with Crippen molar-refractivity contribution in [1.29, 1.82) is 0 Å². The molecule has 11 aromatic carbocycles. The zero-order chi connectivity index (χ0) is 47.0. The number of nitrogens with zero attached hydrogens (tertiary/aromatic N) is 1. The zero-order valence-corrected chi connectivity index (χ0v) is 39.1. The number of nitrogens with one attached hydrogen (secondary N) is 1. The topological polar surface area (TPSA) is 24.4 Å². The molecule has 11 aromatic rings. The molecule has 1 aliphatic carbocycles. The predicted molar refractivity (Wildman–Crippen MR) is 297 cm³/mol. The Labute approximate surface area is 410 Å². The Hall–Kier alpha value is -8.69. The number of benzene rings is 11. The molecular formula is C68H50N2. The Balaban J connectivity index is 0.818. The van der Waals surface area contributed by atoms with Crippen molar-refractivity contribution in [1.82, 2.24) is 5.32 Å². The van der Waals surface area contributed by atoms with Gasteiger partial charge in [-0.3, -0.25) is 10.3 Å². The monoisotopic (exact) mass is 894 g/mol. The molecule has 0 fully saturated rings. The summed E-state index contributed by atoms with van der Waals surface area (Å²) in [5.74, 6) is 0. The van der Waals surface area contributed by atoms with Gasteiger partial charge in [-0.2, -0.15) is 0 Å². The van der Waals surface area contributed by atoms with E-state index in [1.54, 1.807) is 0 Å². The lowest BCUT2D eigenvalue weighted by Gasteiger charge is -2.23. The highest BCUT2D eigenvalue weighted by Gasteiger charge is 2.23. The van der Waals surface area contributed by atoms with Crippen molar-refractivity contribution in [2.24, 2.45) is 4.99 Å². The van der Waals surface area contributed by atoms with Crippen LogP contribution in [0.4, 0.5) is 0 Å². The van der Waals surface area contributed by atoms with Gasteiger partial charge in [-0.1, -0.05) is 249 Å². The van der Waals surface area contributed by atoms with Gasteiger partial charge in [0.25, 0.3) is 0 Å². The summed E-state index contributed by atoms with van der Waals surface area (Å²) in [6.07, 6.45) is 1.65. The van der Waals surface area contributed by atoms with Gasteiger partial charge in [0.05, 0.1) is 6.04 Å². The van der Waals surface area contributed by atoms with E-state index < -0.39 is 0 Å². The largest absolute Gasteiger partial charge is 0.282 e. The molecule has 0 spiro atoms. The molecule has 2 unspecified atom stereocenters. The first-order valence-corrected chi connectivity index (χ1v) is 24.2. The van der Waals surface area contributed by atoms with Gasteiger partial charge in [-0.15, -0.1) is 6.58 Å². The van der Waals surface area contributed by atoms with Crippen molar-refractivity contribution in [3.63, 3.8) is 0 Å². The molecule has 2 atom stereocenters. The van der Waals surface area contributed by atoms with Crippen molar-refractivity contribution in [3.05, 3.63) is 278 Å². The van der Waals surface area contributed by atoms with Gasteiger partial charge in [0.1, 0.15) is 6.17 Å². The molecular weight excluding hydrogens is 845 g/mol. The maximum atomic E-state index is 5.41. The van der Waals surface area contributed by atoms with E-state index >= 15 is 0 Å². The lowest BCUT2D eigenvalue weighted by Crippen LogP contribution is -2.25. The van der Waals surface area contributed by atoms with Crippen LogP contribution >= 0.6 is 0 Å². The van der Waals surface area contributed by atoms with Gasteiger partial charge in [0.15, 0.2) is 0 Å². The van der Waals surface area contributed by atoms with Crippen molar-refractivity contribution in [3.8, 4) is 77.9 Å². The summed E-state index contributed by atoms with van der Waals surface area (Å²) in [5.41, 5.74) is 21.6. The number of rotatable bonds is 12. The van der Waals surface area contributed by atoms with E-state index in [9.17, 15) is 0 Å². The highest BCUT2D eigenvalue weighted by atomic mass is 15.1. The Morgan fingerprint density at radius 3 is 1.41 bits per heavy atom. The molecule has 0 saturated heterocycles. The molecule has 0 amide bonds. The number of aliphatic imine (C=N–C) groups is 1. The molecule has 70 heavy (non-hydrogen) atoms. The standard InChI is InChI=1S/C68H50N2/c1-3-66(52-18-8-5-9-19-52)70-68(53-40-34-47(35-41-53)46-16-6-4-7-17-46)69-45(2)54-20-12-21-55(44-54)57-25-14-26-59-56(24-13-27-60(57)59)50-36-30-48(31-37-50)49-32-38-51(39-33-49)58-42-43-65-62-23-11-10-22-61(62)64-29-15-28-63(58)67(64)65/h3-44,66,68,70H,1H2,2H3. The molecule has 0 aromatic heterocycles. The highest BCUT2D eigenvalue weighted by molar-refractivity contribution is 6.18. The molecule has 0 bridgehead atoms. The summed E-state index contributed by atoms with van der Waals surface area (Å²) in [6.45, 7) is 6.32. The van der Waals surface area contributed by atoms with Gasteiger partial charge in [0, 0.05) is 5.71 Å². The Morgan fingerprint density at radius 2 is 0.800 bits per heavy atom. The summed E-state index contributed by atoms with van der Waals surface area (Å²) in [4.78, 5) is 5.41. The third-order valence-electron chi connectivity index (χ3n) is 14.2. The van der Waals surface area contributed by atoms with Gasteiger partial charge < -0.3 is 0 Å². The predicted octanol–water partition coefficient (Wildman–Crippen LogP) is 18.0. The van der Waals surface area contributed by atoms with Crippen molar-refractivity contribution >= 4 is 27.3 Å². The van der Waals surface area contributed by atoms with Crippen molar-refractivity contribution in [2.45, 2.75) is 19.1 Å². The lowest BCUT2D eigenvalue weighted by atomic mass is 9.91. The van der Waals surface area contributed by atoms with Crippen molar-refractivity contribution in [2.75, 3.05) is 0 Å². The minimum atomic E-state index is -0.312. The van der Waals surface area contributed by atoms with Crippen LogP contribution in [-0.4, -0.2) is 5.71 Å². The fourth-order valence-electron chi connectivity index (χ4n) is 10.6. The van der Waals surface area contributed by atoms with Crippen LogP contribution in [0.5, 0.6) is 0 Å². The fourth-order valence-corrected chi connectivity index (χ4v) is 10.6. The molecule has 12 rings (SSSR count). The van der Waals surface area contributed by atoms with E-state index in [-0.39, 0.29) is 12.2 Å². The van der Waals surface area contributed by atoms with E-state index in [2.05, 4.69) is 261 Å². The molecule has 1 N–H and O–H groups in total. The van der Waals surface area contributed by atoms with Crippen LogP contribution in [0.1, 0.15) is 35.8 Å². The van der Waals surface area contributed by atoms with Crippen LogP contribution < -0.4 is 5.32 Å². The average Bonchev–Trinajstić information content (AvgIpc) is 3.77. The molecule has 2 nitrogen and oxygen atoms in total. The maximum Gasteiger partial charge on any atom is 0.126 e. The molecule has 332 valence electrons. The summed E-state index contributed by atoms with van der Waals surface area (Å²) in [5, 5.41) is 8.92. The SMILES string of the molecule is C=CC(NC(N=C(C)c1cccc(-c2cccc3c(-c4ccc(-c5ccc(-c6ccc7c8c(cccc68)-c6ccccc6-7)cc5)cc4)cccc23)c1)c1ccc(-c2ccccc2)cc1)c1ccccc1. The normalized spacial score (nSPS) is 12.7. The van der Waals surface area contributed by atoms with Crippen LogP contribution in [-0.2, 0) is 0 Å². The zero-order valence-electron chi connectivity index (χ0n) is 39.1. The van der Waals surface area contributed by atoms with E-state index in [1.165, 1.54) is 93.9 Å². The summed E-state index contributed by atoms with van der Waals surface area (Å²) >= 11 is 0. The van der Waals surface area contributed by atoms with Gasteiger partial charge >= 0.3 is 0 Å². The third kappa shape index (κ3) is 7.95. The quantitative estimate of drug-likeness (QED) is 0.0959.